The standard InChI is InChI=1S/C25H32F3N3O3S/c1-35(32,33)30-23-13-15-31(24-22(25(26,27)28)8-5-14-29-24)16-20(23)17-34-21-11-9-19(10-12-21)18-6-3-2-4-7-18/h2-8,14,19-21,23,30H,9-13,15-17H2,1H3/t19-,20-,21+,23-/m0/s1. The summed E-state index contributed by atoms with van der Waals surface area (Å²) in [5.41, 5.74) is 0.551. The summed E-state index contributed by atoms with van der Waals surface area (Å²) in [5.74, 6) is 0.0883. The number of anilines is 1. The van der Waals surface area contributed by atoms with Gasteiger partial charge in [0.2, 0.25) is 10.0 Å². The van der Waals surface area contributed by atoms with Crippen LogP contribution in [0.1, 0.15) is 49.1 Å². The molecular formula is C25H32F3N3O3S. The van der Waals surface area contributed by atoms with Crippen LogP contribution in [0.3, 0.4) is 0 Å². The minimum atomic E-state index is -4.52. The Hall–Kier alpha value is -2.17. The lowest BCUT2D eigenvalue weighted by Crippen LogP contribution is -2.53. The van der Waals surface area contributed by atoms with Crippen molar-refractivity contribution in [3.05, 3.63) is 59.8 Å². The molecule has 1 aliphatic heterocycles. The monoisotopic (exact) mass is 511 g/mol. The molecule has 4 rings (SSSR count). The Morgan fingerprint density at radius 1 is 1.06 bits per heavy atom. The molecule has 1 N–H and O–H groups in total. The third kappa shape index (κ3) is 6.95. The molecule has 1 saturated carbocycles. The number of hydrogen-bond acceptors (Lipinski definition) is 5. The fraction of sp³-hybridized carbons (Fsp3) is 0.560. The van der Waals surface area contributed by atoms with E-state index in [1.165, 1.54) is 17.8 Å². The number of benzene rings is 1. The Balaban J connectivity index is 1.41. The van der Waals surface area contributed by atoms with Gasteiger partial charge in [-0.05, 0) is 55.7 Å². The highest BCUT2D eigenvalue weighted by molar-refractivity contribution is 7.88. The molecule has 1 aliphatic carbocycles. The van der Waals surface area contributed by atoms with Crippen molar-refractivity contribution in [2.45, 2.75) is 56.3 Å². The van der Waals surface area contributed by atoms with Gasteiger partial charge in [0.25, 0.3) is 0 Å². The van der Waals surface area contributed by atoms with Gasteiger partial charge in [-0.15, -0.1) is 0 Å². The molecule has 192 valence electrons. The lowest BCUT2D eigenvalue weighted by atomic mass is 9.82. The van der Waals surface area contributed by atoms with Crippen LogP contribution in [0.5, 0.6) is 0 Å². The SMILES string of the molecule is CS(=O)(=O)N[C@H]1CCN(c2ncccc2C(F)(F)F)C[C@H]1CO[C@H]1CC[C@@H](c2ccccc2)CC1. The Labute approximate surface area is 204 Å². The number of nitrogens with one attached hydrogen (secondary N) is 1. The molecule has 1 aromatic carbocycles. The summed E-state index contributed by atoms with van der Waals surface area (Å²) >= 11 is 0. The molecule has 2 aromatic rings. The number of sulfonamides is 1. The third-order valence-electron chi connectivity index (χ3n) is 6.98. The average Bonchev–Trinajstić information content (AvgIpc) is 2.83. The lowest BCUT2D eigenvalue weighted by molar-refractivity contribution is -0.137. The van der Waals surface area contributed by atoms with Crippen molar-refractivity contribution in [3.8, 4) is 0 Å². The molecule has 10 heteroatoms. The normalized spacial score (nSPS) is 26.0. The summed E-state index contributed by atoms with van der Waals surface area (Å²) in [4.78, 5) is 5.62. The van der Waals surface area contributed by atoms with E-state index in [2.05, 4.69) is 21.8 Å². The van der Waals surface area contributed by atoms with Crippen molar-refractivity contribution in [1.29, 1.82) is 0 Å². The first-order valence-electron chi connectivity index (χ1n) is 12.0. The summed E-state index contributed by atoms with van der Waals surface area (Å²) in [6.45, 7) is 0.775. The molecule has 1 saturated heterocycles. The Morgan fingerprint density at radius 3 is 2.43 bits per heavy atom. The van der Waals surface area contributed by atoms with Crippen LogP contribution in [0, 0.1) is 5.92 Å². The number of piperidine rings is 1. The van der Waals surface area contributed by atoms with E-state index in [0.29, 0.717) is 12.3 Å². The van der Waals surface area contributed by atoms with E-state index in [4.69, 9.17) is 4.74 Å². The quantitative estimate of drug-likeness (QED) is 0.589. The van der Waals surface area contributed by atoms with E-state index in [1.807, 2.05) is 18.2 Å². The molecule has 0 bridgehead atoms. The fourth-order valence-electron chi connectivity index (χ4n) is 5.24. The van der Waals surface area contributed by atoms with E-state index in [0.717, 1.165) is 38.0 Å². The molecule has 2 heterocycles. The topological polar surface area (TPSA) is 71.5 Å². The molecule has 1 aromatic heterocycles. The molecule has 0 amide bonds. The summed E-state index contributed by atoms with van der Waals surface area (Å²) < 4.78 is 73.4. The van der Waals surface area contributed by atoms with Crippen molar-refractivity contribution < 1.29 is 26.3 Å². The summed E-state index contributed by atoms with van der Waals surface area (Å²) in [6.07, 6.45) is 2.19. The molecule has 2 atom stereocenters. The summed E-state index contributed by atoms with van der Waals surface area (Å²) in [7, 11) is -3.47. The van der Waals surface area contributed by atoms with Gasteiger partial charge in [-0.25, -0.2) is 18.1 Å². The van der Waals surface area contributed by atoms with Gasteiger partial charge in [0.05, 0.1) is 24.5 Å². The van der Waals surface area contributed by atoms with Gasteiger partial charge in [-0.3, -0.25) is 0 Å². The zero-order valence-corrected chi connectivity index (χ0v) is 20.6. The minimum Gasteiger partial charge on any atom is -0.378 e. The second-order valence-electron chi connectivity index (χ2n) is 9.58. The summed E-state index contributed by atoms with van der Waals surface area (Å²) in [6, 6.07) is 12.3. The highest BCUT2D eigenvalue weighted by Gasteiger charge is 2.39. The zero-order chi connectivity index (χ0) is 25.1. The maximum atomic E-state index is 13.6. The second-order valence-corrected chi connectivity index (χ2v) is 11.4. The largest absolute Gasteiger partial charge is 0.419 e. The van der Waals surface area contributed by atoms with Crippen molar-refractivity contribution in [3.63, 3.8) is 0 Å². The van der Waals surface area contributed by atoms with E-state index < -0.39 is 27.8 Å². The molecule has 2 fully saturated rings. The van der Waals surface area contributed by atoms with Crippen molar-refractivity contribution in [2.24, 2.45) is 5.92 Å². The van der Waals surface area contributed by atoms with Crippen molar-refractivity contribution in [1.82, 2.24) is 9.71 Å². The zero-order valence-electron chi connectivity index (χ0n) is 19.7. The predicted molar refractivity (Wildman–Crippen MR) is 129 cm³/mol. The first-order valence-corrected chi connectivity index (χ1v) is 13.9. The Bertz CT molecular complexity index is 1070. The van der Waals surface area contributed by atoms with Crippen molar-refractivity contribution >= 4 is 15.8 Å². The number of halogens is 3. The molecule has 2 aliphatic rings. The highest BCUT2D eigenvalue weighted by atomic mass is 32.2. The minimum absolute atomic E-state index is 0.0600. The number of aromatic nitrogens is 1. The van der Waals surface area contributed by atoms with Crippen molar-refractivity contribution in [2.75, 3.05) is 30.9 Å². The van der Waals surface area contributed by atoms with E-state index in [9.17, 15) is 21.6 Å². The second kappa shape index (κ2) is 10.8. The van der Waals surface area contributed by atoms with Crippen LogP contribution >= 0.6 is 0 Å². The number of alkyl halides is 3. The smallest absolute Gasteiger partial charge is 0.378 e. The molecule has 6 nitrogen and oxygen atoms in total. The van der Waals surface area contributed by atoms with Crippen LogP contribution in [0.2, 0.25) is 0 Å². The van der Waals surface area contributed by atoms with E-state index >= 15 is 0 Å². The molecule has 35 heavy (non-hydrogen) atoms. The first-order chi connectivity index (χ1) is 16.6. The van der Waals surface area contributed by atoms with Crippen LogP contribution in [-0.2, 0) is 20.9 Å². The fourth-order valence-corrected chi connectivity index (χ4v) is 6.10. The number of hydrogen-bond donors (Lipinski definition) is 1. The number of rotatable bonds is 7. The molecule has 0 unspecified atom stereocenters. The van der Waals surface area contributed by atoms with Gasteiger partial charge in [0.15, 0.2) is 0 Å². The third-order valence-corrected chi connectivity index (χ3v) is 7.71. The maximum absolute atomic E-state index is 13.6. The van der Waals surface area contributed by atoms with Gasteiger partial charge >= 0.3 is 6.18 Å². The van der Waals surface area contributed by atoms with Crippen LogP contribution in [-0.4, -0.2) is 51.5 Å². The van der Waals surface area contributed by atoms with E-state index in [-0.39, 0.29) is 37.5 Å². The van der Waals surface area contributed by atoms with Gasteiger partial charge in [0, 0.05) is 31.2 Å². The summed E-state index contributed by atoms with van der Waals surface area (Å²) in [5, 5.41) is 0. The molecular weight excluding hydrogens is 479 g/mol. The van der Waals surface area contributed by atoms with Crippen LogP contribution in [0.15, 0.2) is 48.7 Å². The van der Waals surface area contributed by atoms with Gasteiger partial charge < -0.3 is 9.64 Å². The average molecular weight is 512 g/mol. The van der Waals surface area contributed by atoms with Gasteiger partial charge in [-0.1, -0.05) is 30.3 Å². The first kappa shape index (κ1) is 25.9. The number of nitrogens with zero attached hydrogens (tertiary/aromatic N) is 2. The van der Waals surface area contributed by atoms with E-state index in [1.54, 1.807) is 4.90 Å². The maximum Gasteiger partial charge on any atom is 0.419 e. The Kier molecular flexibility index (Phi) is 8.02. The number of ether oxygens (including phenoxy) is 1. The molecule has 0 spiro atoms. The Morgan fingerprint density at radius 2 is 1.77 bits per heavy atom. The predicted octanol–water partition coefficient (Wildman–Crippen LogP) is 4.59. The lowest BCUT2D eigenvalue weighted by Gasteiger charge is -2.40. The highest BCUT2D eigenvalue weighted by Crippen LogP contribution is 2.37. The van der Waals surface area contributed by atoms with Gasteiger partial charge in [0.1, 0.15) is 5.82 Å². The van der Waals surface area contributed by atoms with Crippen LogP contribution in [0.25, 0.3) is 0 Å². The van der Waals surface area contributed by atoms with Crippen LogP contribution < -0.4 is 9.62 Å². The van der Waals surface area contributed by atoms with Gasteiger partial charge in [-0.2, -0.15) is 13.2 Å². The number of pyridine rings is 1. The van der Waals surface area contributed by atoms with Crippen LogP contribution in [0.4, 0.5) is 19.0 Å². The molecule has 0 radical (unpaired) electrons.